The lowest BCUT2D eigenvalue weighted by Crippen LogP contribution is -2.24. The van der Waals surface area contributed by atoms with Crippen molar-refractivity contribution < 1.29 is 4.74 Å². The van der Waals surface area contributed by atoms with Crippen LogP contribution in [0.25, 0.3) is 0 Å². The van der Waals surface area contributed by atoms with Crippen molar-refractivity contribution in [1.29, 1.82) is 0 Å². The summed E-state index contributed by atoms with van der Waals surface area (Å²) in [6, 6.07) is 8.65. The molecule has 1 saturated heterocycles. The monoisotopic (exact) mass is 248 g/mol. The third kappa shape index (κ3) is 4.09. The molecule has 1 N–H and O–H groups in total. The summed E-state index contributed by atoms with van der Waals surface area (Å²) in [5.74, 6) is 0.822. The molecular formula is C15H24N2O. The van der Waals surface area contributed by atoms with E-state index in [1.165, 1.54) is 30.6 Å². The number of nitrogens with one attached hydrogen (secondary N) is 1. The number of hydrogen-bond donors (Lipinski definition) is 1. The number of rotatable bonds is 6. The first kappa shape index (κ1) is 13.5. The Hall–Kier alpha value is -0.900. The van der Waals surface area contributed by atoms with Crippen LogP contribution in [-0.4, -0.2) is 38.7 Å². The highest BCUT2D eigenvalue weighted by atomic mass is 16.5. The summed E-state index contributed by atoms with van der Waals surface area (Å²) in [5, 5.41) is 3.56. The molecule has 1 aromatic rings. The van der Waals surface area contributed by atoms with Crippen LogP contribution in [0.15, 0.2) is 24.3 Å². The van der Waals surface area contributed by atoms with Gasteiger partial charge in [0.1, 0.15) is 0 Å². The summed E-state index contributed by atoms with van der Waals surface area (Å²) >= 11 is 0. The Bertz CT molecular complexity index is 350. The first-order chi connectivity index (χ1) is 8.78. The van der Waals surface area contributed by atoms with E-state index in [0.717, 1.165) is 19.0 Å². The molecule has 0 radical (unpaired) electrons. The van der Waals surface area contributed by atoms with Gasteiger partial charge in [0.15, 0.2) is 0 Å². The van der Waals surface area contributed by atoms with Crippen LogP contribution in [0.3, 0.4) is 0 Å². The Labute approximate surface area is 110 Å². The van der Waals surface area contributed by atoms with Gasteiger partial charge in [0, 0.05) is 20.2 Å². The molecule has 18 heavy (non-hydrogen) atoms. The maximum Gasteiger partial charge on any atom is 0.0713 e. The van der Waals surface area contributed by atoms with Gasteiger partial charge in [-0.3, -0.25) is 0 Å². The second kappa shape index (κ2) is 6.88. The maximum absolute atomic E-state index is 5.11. The SMILES string of the molecule is COCc1ccc(CNCC2CCN(C)C2)cc1. The van der Waals surface area contributed by atoms with E-state index in [4.69, 9.17) is 4.74 Å². The van der Waals surface area contributed by atoms with Gasteiger partial charge in [0.25, 0.3) is 0 Å². The molecule has 1 unspecified atom stereocenters. The molecule has 0 bridgehead atoms. The molecule has 1 heterocycles. The predicted octanol–water partition coefficient (Wildman–Crippen LogP) is 1.87. The maximum atomic E-state index is 5.11. The quantitative estimate of drug-likeness (QED) is 0.832. The van der Waals surface area contributed by atoms with Crippen molar-refractivity contribution in [2.75, 3.05) is 33.8 Å². The fourth-order valence-electron chi connectivity index (χ4n) is 2.53. The average Bonchev–Trinajstić information content (AvgIpc) is 2.78. The van der Waals surface area contributed by atoms with Crippen molar-refractivity contribution in [2.24, 2.45) is 5.92 Å². The van der Waals surface area contributed by atoms with Gasteiger partial charge in [0.05, 0.1) is 6.61 Å². The normalized spacial score (nSPS) is 20.4. The highest BCUT2D eigenvalue weighted by Gasteiger charge is 2.18. The van der Waals surface area contributed by atoms with Crippen LogP contribution in [0.2, 0.25) is 0 Å². The largest absolute Gasteiger partial charge is 0.380 e. The smallest absolute Gasteiger partial charge is 0.0713 e. The Morgan fingerprint density at radius 2 is 2.00 bits per heavy atom. The van der Waals surface area contributed by atoms with E-state index in [2.05, 4.69) is 41.5 Å². The topological polar surface area (TPSA) is 24.5 Å². The summed E-state index contributed by atoms with van der Waals surface area (Å²) in [7, 11) is 3.93. The first-order valence-corrected chi connectivity index (χ1v) is 6.74. The van der Waals surface area contributed by atoms with Crippen molar-refractivity contribution in [3.05, 3.63) is 35.4 Å². The third-order valence-corrected chi connectivity index (χ3v) is 3.59. The minimum Gasteiger partial charge on any atom is -0.380 e. The fourth-order valence-corrected chi connectivity index (χ4v) is 2.53. The zero-order chi connectivity index (χ0) is 12.8. The van der Waals surface area contributed by atoms with Crippen LogP contribution in [0, 0.1) is 5.92 Å². The fraction of sp³-hybridized carbons (Fsp3) is 0.600. The highest BCUT2D eigenvalue weighted by Crippen LogP contribution is 2.13. The molecule has 0 spiro atoms. The van der Waals surface area contributed by atoms with Gasteiger partial charge >= 0.3 is 0 Å². The molecule has 1 fully saturated rings. The standard InChI is InChI=1S/C15H24N2O/c1-17-8-7-15(11-17)10-16-9-13-3-5-14(6-4-13)12-18-2/h3-6,15-16H,7-12H2,1-2H3. The van der Waals surface area contributed by atoms with Crippen molar-refractivity contribution in [1.82, 2.24) is 10.2 Å². The van der Waals surface area contributed by atoms with E-state index in [1.54, 1.807) is 7.11 Å². The van der Waals surface area contributed by atoms with E-state index in [-0.39, 0.29) is 0 Å². The van der Waals surface area contributed by atoms with Gasteiger partial charge in [-0.05, 0) is 43.6 Å². The molecule has 1 aliphatic heterocycles. The number of benzene rings is 1. The van der Waals surface area contributed by atoms with Gasteiger partial charge in [0.2, 0.25) is 0 Å². The molecule has 0 amide bonds. The molecule has 100 valence electrons. The molecule has 0 aliphatic carbocycles. The molecule has 0 aromatic heterocycles. The lowest BCUT2D eigenvalue weighted by atomic mass is 10.1. The van der Waals surface area contributed by atoms with Crippen LogP contribution >= 0.6 is 0 Å². The first-order valence-electron chi connectivity index (χ1n) is 6.74. The van der Waals surface area contributed by atoms with Crippen LogP contribution in [0.1, 0.15) is 17.5 Å². The number of likely N-dealkylation sites (tertiary alicyclic amines) is 1. The number of ether oxygens (including phenoxy) is 1. The molecule has 2 rings (SSSR count). The second-order valence-electron chi connectivity index (χ2n) is 5.30. The van der Waals surface area contributed by atoms with Gasteiger partial charge in [-0.1, -0.05) is 24.3 Å². The second-order valence-corrected chi connectivity index (χ2v) is 5.30. The molecule has 0 saturated carbocycles. The van der Waals surface area contributed by atoms with Gasteiger partial charge in [-0.15, -0.1) is 0 Å². The van der Waals surface area contributed by atoms with Crippen LogP contribution in [0.5, 0.6) is 0 Å². The van der Waals surface area contributed by atoms with Gasteiger partial charge in [-0.2, -0.15) is 0 Å². The van der Waals surface area contributed by atoms with Crippen LogP contribution < -0.4 is 5.32 Å². The van der Waals surface area contributed by atoms with Crippen LogP contribution in [-0.2, 0) is 17.9 Å². The Morgan fingerprint density at radius 1 is 1.28 bits per heavy atom. The summed E-state index contributed by atoms with van der Waals surface area (Å²) in [6.45, 7) is 5.28. The third-order valence-electron chi connectivity index (χ3n) is 3.59. The molecule has 1 atom stereocenters. The minimum atomic E-state index is 0.697. The lowest BCUT2D eigenvalue weighted by Gasteiger charge is -2.12. The van der Waals surface area contributed by atoms with E-state index in [9.17, 15) is 0 Å². The van der Waals surface area contributed by atoms with Gasteiger partial charge < -0.3 is 15.0 Å². The zero-order valence-electron chi connectivity index (χ0n) is 11.5. The number of nitrogens with zero attached hydrogens (tertiary/aromatic N) is 1. The Balaban J connectivity index is 1.69. The van der Waals surface area contributed by atoms with Gasteiger partial charge in [-0.25, -0.2) is 0 Å². The summed E-state index contributed by atoms with van der Waals surface area (Å²) in [6.07, 6.45) is 1.33. The van der Waals surface area contributed by atoms with Crippen LogP contribution in [0.4, 0.5) is 0 Å². The minimum absolute atomic E-state index is 0.697. The Kier molecular flexibility index (Phi) is 5.17. The van der Waals surface area contributed by atoms with E-state index < -0.39 is 0 Å². The molecule has 3 heteroatoms. The Morgan fingerprint density at radius 3 is 2.61 bits per heavy atom. The number of methoxy groups -OCH3 is 1. The zero-order valence-corrected chi connectivity index (χ0v) is 11.5. The summed E-state index contributed by atoms with van der Waals surface area (Å²) < 4.78 is 5.11. The number of hydrogen-bond acceptors (Lipinski definition) is 3. The van der Waals surface area contributed by atoms with E-state index in [1.807, 2.05) is 0 Å². The lowest BCUT2D eigenvalue weighted by molar-refractivity contribution is 0.185. The molecule has 1 aliphatic rings. The molecule has 1 aromatic carbocycles. The van der Waals surface area contributed by atoms with Crippen molar-refractivity contribution >= 4 is 0 Å². The predicted molar refractivity (Wildman–Crippen MR) is 74.5 cm³/mol. The van der Waals surface area contributed by atoms with Crippen molar-refractivity contribution in [3.63, 3.8) is 0 Å². The van der Waals surface area contributed by atoms with E-state index >= 15 is 0 Å². The van der Waals surface area contributed by atoms with E-state index in [0.29, 0.717) is 6.61 Å². The van der Waals surface area contributed by atoms with Crippen molar-refractivity contribution in [2.45, 2.75) is 19.6 Å². The summed E-state index contributed by atoms with van der Waals surface area (Å²) in [4.78, 5) is 2.41. The molecule has 3 nitrogen and oxygen atoms in total. The molecular weight excluding hydrogens is 224 g/mol. The average molecular weight is 248 g/mol. The van der Waals surface area contributed by atoms with Crippen molar-refractivity contribution in [3.8, 4) is 0 Å². The highest BCUT2D eigenvalue weighted by molar-refractivity contribution is 5.21. The summed E-state index contributed by atoms with van der Waals surface area (Å²) in [5.41, 5.74) is 2.58.